The maximum atomic E-state index is 10.7. The summed E-state index contributed by atoms with van der Waals surface area (Å²) in [5.74, 6) is -1.06. The van der Waals surface area contributed by atoms with Gasteiger partial charge < -0.3 is 10.2 Å². The van der Waals surface area contributed by atoms with E-state index in [2.05, 4.69) is 0 Å². The van der Waals surface area contributed by atoms with Crippen molar-refractivity contribution < 1.29 is 15.0 Å². The summed E-state index contributed by atoms with van der Waals surface area (Å²) in [4.78, 5) is 10.7. The highest BCUT2D eigenvalue weighted by Crippen LogP contribution is 2.30. The fraction of sp³-hybridized carbons (Fsp3) is 0.375. The van der Waals surface area contributed by atoms with Gasteiger partial charge in [0, 0.05) is 5.03 Å². The maximum absolute atomic E-state index is 10.7. The van der Waals surface area contributed by atoms with Gasteiger partial charge in [0.05, 0.1) is 6.10 Å². The Kier molecular flexibility index (Phi) is 2.26. The molecule has 0 aliphatic heterocycles. The third-order valence-corrected chi connectivity index (χ3v) is 2.23. The number of rotatable bonds is 1. The molecule has 3 nitrogen and oxygen atoms in total. The molecule has 12 heavy (non-hydrogen) atoms. The van der Waals surface area contributed by atoms with Crippen LogP contribution in [-0.4, -0.2) is 22.3 Å². The molecule has 1 aliphatic rings. The Labute approximate surface area is 75.0 Å². The number of allylic oxidation sites excluding steroid dienone is 2. The number of hydrogen-bond acceptors (Lipinski definition) is 2. The van der Waals surface area contributed by atoms with E-state index in [4.69, 9.17) is 16.7 Å². The molecule has 0 aromatic heterocycles. The fourth-order valence-electron chi connectivity index (χ4n) is 0.929. The Morgan fingerprint density at radius 1 is 1.75 bits per heavy atom. The monoisotopic (exact) mass is 188 g/mol. The van der Waals surface area contributed by atoms with E-state index < -0.39 is 17.5 Å². The van der Waals surface area contributed by atoms with Crippen LogP contribution in [0.5, 0.6) is 0 Å². The predicted octanol–water partition coefficient (Wildman–Crippen LogP) is 1.13. The van der Waals surface area contributed by atoms with Gasteiger partial charge in [0.15, 0.2) is 0 Å². The molecular formula is C8H9ClO3. The summed E-state index contributed by atoms with van der Waals surface area (Å²) < 4.78 is 0. The summed E-state index contributed by atoms with van der Waals surface area (Å²) in [6.07, 6.45) is 3.12. The second-order valence-electron chi connectivity index (χ2n) is 2.92. The van der Waals surface area contributed by atoms with Crippen molar-refractivity contribution >= 4 is 17.6 Å². The van der Waals surface area contributed by atoms with Crippen LogP contribution in [0.15, 0.2) is 23.3 Å². The zero-order chi connectivity index (χ0) is 9.35. The highest BCUT2D eigenvalue weighted by Gasteiger charge is 2.38. The first kappa shape index (κ1) is 9.29. The van der Waals surface area contributed by atoms with Crippen molar-refractivity contribution in [3.05, 3.63) is 23.3 Å². The van der Waals surface area contributed by atoms with E-state index in [0.717, 1.165) is 0 Å². The van der Waals surface area contributed by atoms with Crippen molar-refractivity contribution in [2.75, 3.05) is 0 Å². The quantitative estimate of drug-likeness (QED) is 0.649. The Balaban J connectivity index is 2.99. The number of carboxylic acid groups (broad SMARTS) is 1. The van der Waals surface area contributed by atoms with Gasteiger partial charge in [0.25, 0.3) is 0 Å². The van der Waals surface area contributed by atoms with E-state index in [9.17, 15) is 9.90 Å². The first-order valence-corrected chi connectivity index (χ1v) is 3.82. The molecule has 0 fully saturated rings. The zero-order valence-electron chi connectivity index (χ0n) is 6.49. The largest absolute Gasteiger partial charge is 0.481 e. The van der Waals surface area contributed by atoms with Gasteiger partial charge in [-0.05, 0) is 19.1 Å². The van der Waals surface area contributed by atoms with Crippen LogP contribution in [0.3, 0.4) is 0 Å². The summed E-state index contributed by atoms with van der Waals surface area (Å²) in [6.45, 7) is 1.44. The molecule has 0 bridgehead atoms. The van der Waals surface area contributed by atoms with Gasteiger partial charge in [-0.1, -0.05) is 17.7 Å². The van der Waals surface area contributed by atoms with Gasteiger partial charge in [0.2, 0.25) is 0 Å². The lowest BCUT2D eigenvalue weighted by atomic mass is 9.81. The number of carboxylic acids is 1. The molecule has 0 aromatic carbocycles. The Morgan fingerprint density at radius 2 is 2.33 bits per heavy atom. The molecule has 0 heterocycles. The average Bonchev–Trinajstić information content (AvgIpc) is 1.97. The molecule has 0 amide bonds. The summed E-state index contributed by atoms with van der Waals surface area (Å²) in [6, 6.07) is 0. The van der Waals surface area contributed by atoms with Crippen LogP contribution in [0.1, 0.15) is 6.92 Å². The summed E-state index contributed by atoms with van der Waals surface area (Å²) in [5.41, 5.74) is -1.25. The summed E-state index contributed by atoms with van der Waals surface area (Å²) in [5, 5.41) is 18.5. The van der Waals surface area contributed by atoms with Crippen LogP contribution in [0.25, 0.3) is 0 Å². The molecule has 2 atom stereocenters. The number of halogens is 1. The van der Waals surface area contributed by atoms with Crippen LogP contribution in [0, 0.1) is 5.41 Å². The minimum atomic E-state index is -1.25. The lowest BCUT2D eigenvalue weighted by molar-refractivity contribution is -0.149. The standard InChI is InChI=1S/C8H9ClO3/c1-8(7(11)12)3-2-5(9)4-6(8)10/h2-4,6,10H,1H3,(H,11,12). The SMILES string of the molecule is CC1(C(=O)O)C=CC(Cl)=CC1O. The van der Waals surface area contributed by atoms with E-state index in [0.29, 0.717) is 5.03 Å². The fourth-order valence-corrected chi connectivity index (χ4v) is 1.11. The van der Waals surface area contributed by atoms with Crippen LogP contribution >= 0.6 is 11.6 Å². The molecule has 66 valence electrons. The van der Waals surface area contributed by atoms with Gasteiger partial charge in [-0.15, -0.1) is 0 Å². The van der Waals surface area contributed by atoms with Crippen molar-refractivity contribution in [2.24, 2.45) is 5.41 Å². The van der Waals surface area contributed by atoms with Gasteiger partial charge in [0.1, 0.15) is 5.41 Å². The van der Waals surface area contributed by atoms with Gasteiger partial charge in [-0.3, -0.25) is 4.79 Å². The molecule has 2 unspecified atom stereocenters. The van der Waals surface area contributed by atoms with Crippen LogP contribution in [0.4, 0.5) is 0 Å². The lowest BCUT2D eigenvalue weighted by Gasteiger charge is -2.27. The van der Waals surface area contributed by atoms with Gasteiger partial charge >= 0.3 is 5.97 Å². The van der Waals surface area contributed by atoms with E-state index in [1.165, 1.54) is 25.2 Å². The minimum Gasteiger partial charge on any atom is -0.481 e. The first-order valence-electron chi connectivity index (χ1n) is 3.45. The molecular weight excluding hydrogens is 180 g/mol. The first-order chi connectivity index (χ1) is 5.47. The number of aliphatic hydroxyl groups is 1. The predicted molar refractivity (Wildman–Crippen MR) is 44.8 cm³/mol. The van der Waals surface area contributed by atoms with Crippen molar-refractivity contribution in [1.82, 2.24) is 0 Å². The molecule has 0 saturated heterocycles. The van der Waals surface area contributed by atoms with E-state index in [-0.39, 0.29) is 0 Å². The molecule has 1 rings (SSSR count). The number of aliphatic hydroxyl groups excluding tert-OH is 1. The molecule has 0 saturated carbocycles. The molecule has 0 radical (unpaired) electrons. The van der Waals surface area contributed by atoms with E-state index in [1.54, 1.807) is 0 Å². The topological polar surface area (TPSA) is 57.5 Å². The average molecular weight is 189 g/mol. The van der Waals surface area contributed by atoms with Crippen LogP contribution < -0.4 is 0 Å². The normalized spacial score (nSPS) is 34.6. The van der Waals surface area contributed by atoms with Gasteiger partial charge in [-0.2, -0.15) is 0 Å². The Hall–Kier alpha value is -0.800. The zero-order valence-corrected chi connectivity index (χ0v) is 7.25. The Bertz CT molecular complexity index is 269. The molecule has 0 aromatic rings. The minimum absolute atomic E-state index is 0.362. The molecule has 4 heteroatoms. The second-order valence-corrected chi connectivity index (χ2v) is 3.35. The van der Waals surface area contributed by atoms with Crippen LogP contribution in [0.2, 0.25) is 0 Å². The summed E-state index contributed by atoms with van der Waals surface area (Å²) in [7, 11) is 0. The smallest absolute Gasteiger partial charge is 0.316 e. The highest BCUT2D eigenvalue weighted by atomic mass is 35.5. The maximum Gasteiger partial charge on any atom is 0.316 e. The van der Waals surface area contributed by atoms with Crippen molar-refractivity contribution in [3.8, 4) is 0 Å². The van der Waals surface area contributed by atoms with Crippen molar-refractivity contribution in [3.63, 3.8) is 0 Å². The van der Waals surface area contributed by atoms with E-state index >= 15 is 0 Å². The Morgan fingerprint density at radius 3 is 2.75 bits per heavy atom. The summed E-state index contributed by atoms with van der Waals surface area (Å²) >= 11 is 5.56. The highest BCUT2D eigenvalue weighted by molar-refractivity contribution is 6.31. The third kappa shape index (κ3) is 1.38. The van der Waals surface area contributed by atoms with Crippen molar-refractivity contribution in [1.29, 1.82) is 0 Å². The number of aliphatic carboxylic acids is 1. The van der Waals surface area contributed by atoms with Crippen molar-refractivity contribution in [2.45, 2.75) is 13.0 Å². The number of hydrogen-bond donors (Lipinski definition) is 2. The molecule has 1 aliphatic carbocycles. The second kappa shape index (κ2) is 2.92. The van der Waals surface area contributed by atoms with Gasteiger partial charge in [-0.25, -0.2) is 0 Å². The van der Waals surface area contributed by atoms with E-state index in [1.807, 2.05) is 0 Å². The third-order valence-electron chi connectivity index (χ3n) is 1.98. The van der Waals surface area contributed by atoms with Crippen LogP contribution in [-0.2, 0) is 4.79 Å². The molecule has 0 spiro atoms. The molecule has 2 N–H and O–H groups in total. The lowest BCUT2D eigenvalue weighted by Crippen LogP contribution is -2.38. The number of carbonyl (C=O) groups is 1.